The minimum Gasteiger partial charge on any atom is -0.493 e. The van der Waals surface area contributed by atoms with Crippen molar-refractivity contribution in [2.45, 2.75) is 21.7 Å². The molecule has 0 aliphatic heterocycles. The second-order valence-electron chi connectivity index (χ2n) is 5.56. The molecule has 2 N–H and O–H groups in total. The first-order chi connectivity index (χ1) is 13.4. The number of sulfonamides is 1. The van der Waals surface area contributed by atoms with E-state index in [1.165, 1.54) is 32.4 Å². The Labute approximate surface area is 168 Å². The van der Waals surface area contributed by atoms with Gasteiger partial charge in [0, 0.05) is 16.6 Å². The molecule has 29 heavy (non-hydrogen) atoms. The predicted octanol–water partition coefficient (Wildman–Crippen LogP) is 3.74. The molecule has 0 unspecified atom stereocenters. The van der Waals surface area contributed by atoms with Gasteiger partial charge in [0.25, 0.3) is 10.0 Å². The Balaban J connectivity index is 2.40. The maximum Gasteiger partial charge on any atom is 0.446 e. The lowest BCUT2D eigenvalue weighted by Gasteiger charge is -2.15. The highest BCUT2D eigenvalue weighted by molar-refractivity contribution is 8.00. The van der Waals surface area contributed by atoms with Gasteiger partial charge in [0.15, 0.2) is 11.5 Å². The van der Waals surface area contributed by atoms with E-state index in [1.807, 2.05) is 0 Å². The van der Waals surface area contributed by atoms with Crippen LogP contribution in [0.25, 0.3) is 0 Å². The van der Waals surface area contributed by atoms with Crippen LogP contribution in [0, 0.1) is 0 Å². The monoisotopic (exact) mass is 451 g/mol. The molecule has 2 aromatic carbocycles. The highest BCUT2D eigenvalue weighted by Gasteiger charge is 2.29. The molecule has 0 aliphatic carbocycles. The number of carboxylic acids is 1. The van der Waals surface area contributed by atoms with Crippen LogP contribution in [-0.4, -0.2) is 39.2 Å². The second kappa shape index (κ2) is 8.82. The van der Waals surface area contributed by atoms with Crippen LogP contribution in [0.5, 0.6) is 11.5 Å². The fraction of sp³-hybridized carbons (Fsp3) is 0.235. The molecule has 0 amide bonds. The van der Waals surface area contributed by atoms with Crippen molar-refractivity contribution in [2.24, 2.45) is 0 Å². The number of carboxylic acid groups (broad SMARTS) is 1. The lowest BCUT2D eigenvalue weighted by molar-refractivity contribution is -0.136. The van der Waals surface area contributed by atoms with Gasteiger partial charge in [-0.1, -0.05) is 0 Å². The Morgan fingerprint density at radius 3 is 2.14 bits per heavy atom. The molecule has 0 fully saturated rings. The molecule has 0 saturated carbocycles. The largest absolute Gasteiger partial charge is 0.493 e. The van der Waals surface area contributed by atoms with Crippen molar-refractivity contribution in [3.8, 4) is 11.5 Å². The van der Waals surface area contributed by atoms with Gasteiger partial charge in [-0.25, -0.2) is 8.42 Å². The zero-order valence-electron chi connectivity index (χ0n) is 15.1. The van der Waals surface area contributed by atoms with Gasteiger partial charge in [-0.2, -0.15) is 13.2 Å². The SMILES string of the molecule is COc1cc(CC(=O)O)c(S(=O)(=O)Nc2ccc(SC(F)(F)F)cc2)cc1OC. The molecule has 0 heterocycles. The molecule has 158 valence electrons. The Morgan fingerprint density at radius 2 is 1.66 bits per heavy atom. The standard InChI is InChI=1S/C17H16F3NO6S2/c1-26-13-7-10(8-16(22)23)15(9-14(13)27-2)29(24,25)21-11-3-5-12(6-4-11)28-17(18,19)20/h3-7,9,21H,8H2,1-2H3,(H,22,23). The lowest BCUT2D eigenvalue weighted by Crippen LogP contribution is -2.17. The molecule has 0 atom stereocenters. The van der Waals surface area contributed by atoms with Crippen LogP contribution >= 0.6 is 11.8 Å². The Bertz CT molecular complexity index is 991. The van der Waals surface area contributed by atoms with E-state index in [-0.39, 0.29) is 44.3 Å². The third-order valence-corrected chi connectivity index (χ3v) is 5.74. The topological polar surface area (TPSA) is 102 Å². The van der Waals surface area contributed by atoms with Gasteiger partial charge < -0.3 is 14.6 Å². The molecule has 0 spiro atoms. The van der Waals surface area contributed by atoms with Crippen LogP contribution in [0.15, 0.2) is 46.2 Å². The number of thioether (sulfide) groups is 1. The van der Waals surface area contributed by atoms with E-state index in [4.69, 9.17) is 14.6 Å². The highest BCUT2D eigenvalue weighted by Crippen LogP contribution is 2.37. The molecule has 0 saturated heterocycles. The number of hydrogen-bond acceptors (Lipinski definition) is 6. The molecule has 0 radical (unpaired) electrons. The summed E-state index contributed by atoms with van der Waals surface area (Å²) in [5.74, 6) is -1.04. The summed E-state index contributed by atoms with van der Waals surface area (Å²) >= 11 is -0.331. The van der Waals surface area contributed by atoms with E-state index < -0.39 is 27.9 Å². The number of halogens is 3. The average Bonchev–Trinajstić information content (AvgIpc) is 2.61. The van der Waals surface area contributed by atoms with Gasteiger partial charge in [0.1, 0.15) is 0 Å². The normalized spacial score (nSPS) is 11.8. The van der Waals surface area contributed by atoms with Crippen molar-refractivity contribution >= 4 is 33.4 Å². The van der Waals surface area contributed by atoms with Gasteiger partial charge in [0.2, 0.25) is 0 Å². The highest BCUT2D eigenvalue weighted by atomic mass is 32.2. The summed E-state index contributed by atoms with van der Waals surface area (Å²) in [4.78, 5) is 10.7. The molecule has 12 heteroatoms. The maximum absolute atomic E-state index is 12.8. The second-order valence-corrected chi connectivity index (χ2v) is 8.35. The lowest BCUT2D eigenvalue weighted by atomic mass is 10.1. The van der Waals surface area contributed by atoms with Gasteiger partial charge in [-0.3, -0.25) is 9.52 Å². The first-order valence-electron chi connectivity index (χ1n) is 7.80. The van der Waals surface area contributed by atoms with Crippen molar-refractivity contribution < 1.29 is 41.0 Å². The molecular formula is C17H16F3NO6S2. The fourth-order valence-electron chi connectivity index (χ4n) is 2.39. The molecular weight excluding hydrogens is 435 g/mol. The number of nitrogens with one attached hydrogen (secondary N) is 1. The quantitative estimate of drug-likeness (QED) is 0.590. The first-order valence-corrected chi connectivity index (χ1v) is 10.1. The summed E-state index contributed by atoms with van der Waals surface area (Å²) in [7, 11) is -1.67. The number of aliphatic carboxylic acids is 1. The number of anilines is 1. The van der Waals surface area contributed by atoms with Crippen LogP contribution in [0.3, 0.4) is 0 Å². The molecule has 0 aliphatic rings. The van der Waals surface area contributed by atoms with E-state index in [0.717, 1.165) is 18.2 Å². The summed E-state index contributed by atoms with van der Waals surface area (Å²) in [6, 6.07) is 6.93. The molecule has 2 rings (SSSR count). The van der Waals surface area contributed by atoms with Crippen molar-refractivity contribution in [2.75, 3.05) is 18.9 Å². The summed E-state index contributed by atoms with van der Waals surface area (Å²) in [6.45, 7) is 0. The number of hydrogen-bond donors (Lipinski definition) is 2. The van der Waals surface area contributed by atoms with Crippen LogP contribution < -0.4 is 14.2 Å². The third kappa shape index (κ3) is 6.19. The zero-order chi connectivity index (χ0) is 21.8. The van der Waals surface area contributed by atoms with Gasteiger partial charge >= 0.3 is 11.5 Å². The fourth-order valence-corrected chi connectivity index (χ4v) is 4.22. The minimum absolute atomic E-state index is 0.00702. The molecule has 7 nitrogen and oxygen atoms in total. The zero-order valence-corrected chi connectivity index (χ0v) is 16.7. The van der Waals surface area contributed by atoms with Crippen molar-refractivity contribution in [1.29, 1.82) is 0 Å². The number of alkyl halides is 3. The molecule has 0 bridgehead atoms. The minimum atomic E-state index is -4.47. The smallest absolute Gasteiger partial charge is 0.446 e. The van der Waals surface area contributed by atoms with Crippen LogP contribution in [0.4, 0.5) is 18.9 Å². The van der Waals surface area contributed by atoms with Gasteiger partial charge in [0.05, 0.1) is 25.5 Å². The molecule has 2 aromatic rings. The average molecular weight is 451 g/mol. The van der Waals surface area contributed by atoms with E-state index in [9.17, 15) is 26.4 Å². The number of ether oxygens (including phenoxy) is 2. The third-order valence-electron chi connectivity index (χ3n) is 3.54. The van der Waals surface area contributed by atoms with Gasteiger partial charge in [-0.05, 0) is 47.7 Å². The van der Waals surface area contributed by atoms with Crippen molar-refractivity contribution in [3.63, 3.8) is 0 Å². The van der Waals surface area contributed by atoms with E-state index in [2.05, 4.69) is 4.72 Å². The Kier molecular flexibility index (Phi) is 6.90. The first kappa shape index (κ1) is 22.7. The van der Waals surface area contributed by atoms with E-state index in [0.29, 0.717) is 0 Å². The number of rotatable bonds is 8. The Hall–Kier alpha value is -2.60. The van der Waals surface area contributed by atoms with E-state index >= 15 is 0 Å². The maximum atomic E-state index is 12.8. The predicted molar refractivity (Wildman–Crippen MR) is 100 cm³/mol. The van der Waals surface area contributed by atoms with Gasteiger partial charge in [-0.15, -0.1) is 0 Å². The summed E-state index contributed by atoms with van der Waals surface area (Å²) < 4.78 is 75.2. The number of methoxy groups -OCH3 is 2. The van der Waals surface area contributed by atoms with Crippen LogP contribution in [0.2, 0.25) is 0 Å². The van der Waals surface area contributed by atoms with Crippen molar-refractivity contribution in [3.05, 3.63) is 42.0 Å². The van der Waals surface area contributed by atoms with Crippen LogP contribution in [-0.2, 0) is 21.2 Å². The van der Waals surface area contributed by atoms with Crippen molar-refractivity contribution in [1.82, 2.24) is 0 Å². The Morgan fingerprint density at radius 1 is 1.10 bits per heavy atom. The summed E-state index contributed by atoms with van der Waals surface area (Å²) in [5, 5.41) is 9.08. The van der Waals surface area contributed by atoms with Crippen LogP contribution in [0.1, 0.15) is 5.56 Å². The summed E-state index contributed by atoms with van der Waals surface area (Å²) in [6.07, 6.45) is -0.599. The number of benzene rings is 2. The van der Waals surface area contributed by atoms with E-state index in [1.54, 1.807) is 0 Å². The molecule has 0 aromatic heterocycles. The summed E-state index contributed by atoms with van der Waals surface area (Å²) in [5.41, 5.74) is -4.51. The number of carbonyl (C=O) groups is 1.